The number of halogens is 1. The summed E-state index contributed by atoms with van der Waals surface area (Å²) < 4.78 is 8.77. The van der Waals surface area contributed by atoms with Gasteiger partial charge in [-0.3, -0.25) is 4.79 Å². The number of anilines is 3. The lowest BCUT2D eigenvalue weighted by Crippen LogP contribution is -2.13. The maximum Gasteiger partial charge on any atom is 0.294 e. The number of rotatable bonds is 5. The fourth-order valence-electron chi connectivity index (χ4n) is 2.17. The van der Waals surface area contributed by atoms with Gasteiger partial charge in [-0.1, -0.05) is 57.7 Å². The molecule has 0 aliphatic heterocycles. The number of nitrogens with zero attached hydrogens (tertiary/aromatic N) is 2. The average molecular weight is 438 g/mol. The number of hydrogen-bond donors (Lipinski definition) is 3. The first-order valence-electron chi connectivity index (χ1n) is 9.36. The lowest BCUT2D eigenvalue weighted by Gasteiger charge is -2.04. The van der Waals surface area contributed by atoms with Crippen molar-refractivity contribution in [3.8, 4) is 0 Å². The van der Waals surface area contributed by atoms with Crippen LogP contribution in [0.3, 0.4) is 0 Å². The van der Waals surface area contributed by atoms with E-state index in [4.69, 9.17) is 16.0 Å². The monoisotopic (exact) mass is 437 g/mol. The third-order valence-corrected chi connectivity index (χ3v) is 3.84. The molecule has 0 saturated heterocycles. The summed E-state index contributed by atoms with van der Waals surface area (Å²) >= 11 is 7.23. The number of aromatic nitrogens is 2. The molecule has 158 valence electrons. The number of carbonyl (C=O) groups is 1. The topological polar surface area (TPSA) is 92.1 Å². The van der Waals surface area contributed by atoms with Crippen molar-refractivity contribution in [2.45, 2.75) is 34.1 Å². The van der Waals surface area contributed by atoms with E-state index in [1.165, 1.54) is 24.6 Å². The van der Waals surface area contributed by atoms with Crippen LogP contribution in [-0.4, -0.2) is 29.2 Å². The second kappa shape index (κ2) is 12.9. The summed E-state index contributed by atoms with van der Waals surface area (Å²) in [4.78, 5) is 20.9. The van der Waals surface area contributed by atoms with Crippen molar-refractivity contribution in [1.82, 2.24) is 9.97 Å². The Hall–Kier alpha value is -2.45. The molecule has 1 amide bonds. The highest BCUT2D eigenvalue weighted by molar-refractivity contribution is 7.99. The van der Waals surface area contributed by atoms with Crippen LogP contribution in [0.15, 0.2) is 35.0 Å². The van der Waals surface area contributed by atoms with Crippen LogP contribution >= 0.6 is 23.5 Å². The predicted molar refractivity (Wildman–Crippen MR) is 125 cm³/mol. The fourth-order valence-corrected chi connectivity index (χ4v) is 2.63. The first-order valence-corrected chi connectivity index (χ1v) is 11.0. The molecule has 0 unspecified atom stereocenters. The van der Waals surface area contributed by atoms with Crippen molar-refractivity contribution >= 4 is 57.7 Å². The summed E-state index contributed by atoms with van der Waals surface area (Å²) in [6.07, 6.45) is 6.29. The Bertz CT molecular complexity index is 900. The Morgan fingerprint density at radius 1 is 1.21 bits per heavy atom. The van der Waals surface area contributed by atoms with E-state index in [0.29, 0.717) is 27.6 Å². The van der Waals surface area contributed by atoms with Gasteiger partial charge in [0, 0.05) is 25.6 Å². The van der Waals surface area contributed by atoms with Gasteiger partial charge >= 0.3 is 0 Å². The van der Waals surface area contributed by atoms with Crippen LogP contribution in [-0.2, 0) is 0 Å². The van der Waals surface area contributed by atoms with E-state index in [1.807, 2.05) is 20.1 Å². The van der Waals surface area contributed by atoms with Gasteiger partial charge in [-0.15, -0.1) is 0 Å². The fraction of sp³-hybridized carbons (Fsp3) is 0.350. The van der Waals surface area contributed by atoms with Crippen LogP contribution in [0.1, 0.15) is 44.7 Å². The Balaban J connectivity index is 0.000000771. The van der Waals surface area contributed by atoms with E-state index < -0.39 is 5.91 Å². The number of pyridine rings is 2. The first kappa shape index (κ1) is 24.6. The van der Waals surface area contributed by atoms with Crippen molar-refractivity contribution in [3.05, 3.63) is 41.4 Å². The molecule has 3 heterocycles. The summed E-state index contributed by atoms with van der Waals surface area (Å²) in [5.41, 5.74) is 2.40. The van der Waals surface area contributed by atoms with Crippen LogP contribution in [0.4, 0.5) is 17.2 Å². The molecule has 3 aromatic rings. The van der Waals surface area contributed by atoms with Gasteiger partial charge in [0.05, 0.1) is 16.9 Å². The van der Waals surface area contributed by atoms with Crippen molar-refractivity contribution < 1.29 is 9.21 Å². The van der Waals surface area contributed by atoms with E-state index in [0.717, 1.165) is 5.69 Å². The molecule has 3 aromatic heterocycles. The molecule has 0 aromatic carbocycles. The molecule has 0 fully saturated rings. The third-order valence-electron chi connectivity index (χ3n) is 3.17. The number of fused-ring (bicyclic) bond motifs is 1. The predicted octanol–water partition coefficient (Wildman–Crippen LogP) is 6.30. The number of amides is 1. The quantitative estimate of drug-likeness (QED) is 0.403. The largest absolute Gasteiger partial charge is 0.447 e. The van der Waals surface area contributed by atoms with Crippen molar-refractivity contribution in [2.75, 3.05) is 28.7 Å². The molecular weight excluding hydrogens is 410 g/mol. The summed E-state index contributed by atoms with van der Waals surface area (Å²) in [5.74, 6) is 0.0919. The minimum absolute atomic E-state index is 0.137. The molecule has 3 rings (SSSR count). The normalized spacial score (nSPS) is 9.62. The van der Waals surface area contributed by atoms with Gasteiger partial charge in [0.25, 0.3) is 5.91 Å². The SMILES string of the molecule is CC.CCC.CNc1c(C(=O)Nc2ccc(Cl)cn2)oc2cc(NSC)cnc12. The van der Waals surface area contributed by atoms with E-state index in [9.17, 15) is 4.79 Å². The molecule has 0 bridgehead atoms. The molecule has 9 heteroatoms. The van der Waals surface area contributed by atoms with Gasteiger partial charge in [-0.2, -0.15) is 0 Å². The number of hydrogen-bond acceptors (Lipinski definition) is 7. The molecular formula is C20H28ClN5O2S. The van der Waals surface area contributed by atoms with Crippen LogP contribution in [0.5, 0.6) is 0 Å². The molecule has 0 radical (unpaired) electrons. The lowest BCUT2D eigenvalue weighted by molar-refractivity contribution is 0.0999. The number of nitrogens with one attached hydrogen (secondary N) is 3. The van der Waals surface area contributed by atoms with Crippen LogP contribution < -0.4 is 15.4 Å². The molecule has 0 aliphatic carbocycles. The second-order valence-electron chi connectivity index (χ2n) is 5.46. The van der Waals surface area contributed by atoms with Crippen molar-refractivity contribution in [3.63, 3.8) is 0 Å². The van der Waals surface area contributed by atoms with Gasteiger partial charge < -0.3 is 19.8 Å². The maximum absolute atomic E-state index is 12.5. The zero-order valence-corrected chi connectivity index (χ0v) is 19.2. The summed E-state index contributed by atoms with van der Waals surface area (Å²) in [5, 5.41) is 6.12. The van der Waals surface area contributed by atoms with Gasteiger partial charge in [0.2, 0.25) is 5.76 Å². The average Bonchev–Trinajstić information content (AvgIpc) is 3.10. The highest BCUT2D eigenvalue weighted by Gasteiger charge is 2.21. The summed E-state index contributed by atoms with van der Waals surface area (Å²) in [7, 11) is 1.71. The number of furan rings is 1. The van der Waals surface area contributed by atoms with E-state index >= 15 is 0 Å². The van der Waals surface area contributed by atoms with Crippen LogP contribution in [0.2, 0.25) is 5.02 Å². The minimum Gasteiger partial charge on any atom is -0.447 e. The van der Waals surface area contributed by atoms with Crippen LogP contribution in [0, 0.1) is 0 Å². The molecule has 3 N–H and O–H groups in total. The molecule has 0 spiro atoms. The van der Waals surface area contributed by atoms with E-state index in [1.54, 1.807) is 31.4 Å². The Morgan fingerprint density at radius 2 is 1.90 bits per heavy atom. The van der Waals surface area contributed by atoms with Gasteiger partial charge in [-0.05, 0) is 12.1 Å². The highest BCUT2D eigenvalue weighted by Crippen LogP contribution is 2.31. The van der Waals surface area contributed by atoms with Gasteiger partial charge in [0.15, 0.2) is 5.58 Å². The summed E-state index contributed by atoms with van der Waals surface area (Å²) in [6, 6.07) is 5.04. The highest BCUT2D eigenvalue weighted by atomic mass is 35.5. The second-order valence-corrected chi connectivity index (χ2v) is 6.50. The van der Waals surface area contributed by atoms with Gasteiger partial charge in [0.1, 0.15) is 17.0 Å². The maximum atomic E-state index is 12.5. The molecule has 0 aliphatic rings. The van der Waals surface area contributed by atoms with E-state index in [-0.39, 0.29) is 5.76 Å². The summed E-state index contributed by atoms with van der Waals surface area (Å²) in [6.45, 7) is 8.25. The zero-order chi connectivity index (χ0) is 21.8. The zero-order valence-electron chi connectivity index (χ0n) is 17.6. The Labute approximate surface area is 181 Å². The molecule has 7 nitrogen and oxygen atoms in total. The lowest BCUT2D eigenvalue weighted by atomic mass is 10.3. The third kappa shape index (κ3) is 6.83. The van der Waals surface area contributed by atoms with Gasteiger partial charge in [-0.25, -0.2) is 9.97 Å². The van der Waals surface area contributed by atoms with Crippen molar-refractivity contribution in [1.29, 1.82) is 0 Å². The smallest absolute Gasteiger partial charge is 0.294 e. The number of carbonyl (C=O) groups excluding carboxylic acids is 1. The molecule has 29 heavy (non-hydrogen) atoms. The van der Waals surface area contributed by atoms with Crippen LogP contribution in [0.25, 0.3) is 11.1 Å². The minimum atomic E-state index is -0.424. The first-order chi connectivity index (χ1) is 14.0. The standard InChI is InChI=1S/C15H14ClN5O2S.C3H8.C2H6/c1-17-13-12-10(5-9(7-19-12)21-24-2)23-14(13)15(22)20-11-4-3-8(16)6-18-11;1-3-2;1-2/h3-7,17,21H,1-2H3,(H,18,20,22);3H2,1-2H3;1-2H3. The van der Waals surface area contributed by atoms with Crippen molar-refractivity contribution in [2.24, 2.45) is 0 Å². The Kier molecular flexibility index (Phi) is 10.9. The molecule has 0 atom stereocenters. The van der Waals surface area contributed by atoms with E-state index in [2.05, 4.69) is 39.2 Å². The Morgan fingerprint density at radius 3 is 2.45 bits per heavy atom. The molecule has 0 saturated carbocycles.